The van der Waals surface area contributed by atoms with Crippen molar-refractivity contribution < 1.29 is 9.90 Å². The van der Waals surface area contributed by atoms with Gasteiger partial charge in [0, 0.05) is 16.9 Å². The van der Waals surface area contributed by atoms with Gasteiger partial charge in [0.15, 0.2) is 0 Å². The molecule has 1 atom stereocenters. The van der Waals surface area contributed by atoms with E-state index in [1.807, 2.05) is 6.92 Å². The Balaban J connectivity index is 2.69. The van der Waals surface area contributed by atoms with Crippen LogP contribution in [0.4, 0.5) is 0 Å². The fourth-order valence-corrected chi connectivity index (χ4v) is 1.51. The van der Waals surface area contributed by atoms with Crippen LogP contribution in [0.2, 0.25) is 5.02 Å². The summed E-state index contributed by atoms with van der Waals surface area (Å²) in [5.41, 5.74) is 0.203. The van der Waals surface area contributed by atoms with Crippen molar-refractivity contribution in [2.45, 2.75) is 6.92 Å². The van der Waals surface area contributed by atoms with Gasteiger partial charge in [0.2, 0.25) is 0 Å². The highest BCUT2D eigenvalue weighted by Crippen LogP contribution is 2.21. The predicted molar refractivity (Wildman–Crippen MR) is 68.4 cm³/mol. The van der Waals surface area contributed by atoms with Crippen LogP contribution in [0, 0.1) is 5.92 Å². The van der Waals surface area contributed by atoms with Crippen LogP contribution < -0.4 is 5.32 Å². The molecule has 88 valence electrons. The number of phenols is 1. The molecule has 0 aromatic heterocycles. The van der Waals surface area contributed by atoms with Gasteiger partial charge in [-0.2, -0.15) is 0 Å². The molecule has 0 fully saturated rings. The number of phenolic OH excluding ortho intramolecular Hbond substituents is 1. The first-order valence-corrected chi connectivity index (χ1v) is 6.37. The molecular weight excluding hydrogens is 293 g/mol. The highest BCUT2D eigenvalue weighted by atomic mass is 79.9. The second-order valence-corrected chi connectivity index (χ2v) is 4.71. The number of rotatable bonds is 4. The lowest BCUT2D eigenvalue weighted by Gasteiger charge is -2.10. The van der Waals surface area contributed by atoms with Crippen molar-refractivity contribution in [3.8, 4) is 5.75 Å². The van der Waals surface area contributed by atoms with Crippen molar-refractivity contribution >= 4 is 33.4 Å². The summed E-state index contributed by atoms with van der Waals surface area (Å²) in [7, 11) is 0. The van der Waals surface area contributed by atoms with E-state index in [1.54, 1.807) is 0 Å². The molecule has 0 bridgehead atoms. The maximum atomic E-state index is 11.7. The normalized spacial score (nSPS) is 12.2. The van der Waals surface area contributed by atoms with Gasteiger partial charge in [-0.3, -0.25) is 4.79 Å². The molecule has 1 aromatic rings. The summed E-state index contributed by atoms with van der Waals surface area (Å²) < 4.78 is 0. The Bertz CT molecular complexity index is 384. The molecule has 1 amide bonds. The van der Waals surface area contributed by atoms with E-state index in [-0.39, 0.29) is 17.2 Å². The number of amides is 1. The number of hydrogen-bond acceptors (Lipinski definition) is 2. The third-order valence-electron chi connectivity index (χ3n) is 2.08. The zero-order valence-corrected chi connectivity index (χ0v) is 11.2. The molecule has 0 heterocycles. The number of halogens is 2. The fraction of sp³-hybridized carbons (Fsp3) is 0.364. The van der Waals surface area contributed by atoms with E-state index in [4.69, 9.17) is 11.6 Å². The third-order valence-corrected chi connectivity index (χ3v) is 3.42. The molecule has 2 N–H and O–H groups in total. The first-order chi connectivity index (χ1) is 7.54. The van der Waals surface area contributed by atoms with Crippen molar-refractivity contribution in [3.63, 3.8) is 0 Å². The van der Waals surface area contributed by atoms with E-state index in [9.17, 15) is 9.90 Å². The van der Waals surface area contributed by atoms with Crippen molar-refractivity contribution in [1.82, 2.24) is 5.32 Å². The Kier molecular flexibility index (Phi) is 5.09. The lowest BCUT2D eigenvalue weighted by molar-refractivity contribution is 0.0946. The van der Waals surface area contributed by atoms with Crippen LogP contribution in [-0.4, -0.2) is 22.9 Å². The number of benzene rings is 1. The first-order valence-electron chi connectivity index (χ1n) is 4.87. The summed E-state index contributed by atoms with van der Waals surface area (Å²) in [6.07, 6.45) is 0. The summed E-state index contributed by atoms with van der Waals surface area (Å²) in [6.45, 7) is 2.56. The van der Waals surface area contributed by atoms with Crippen LogP contribution in [0.5, 0.6) is 5.75 Å². The van der Waals surface area contributed by atoms with Crippen LogP contribution >= 0.6 is 27.5 Å². The highest BCUT2D eigenvalue weighted by Gasteiger charge is 2.12. The molecule has 5 heteroatoms. The van der Waals surface area contributed by atoms with E-state index in [2.05, 4.69) is 21.2 Å². The molecule has 0 saturated heterocycles. The maximum Gasteiger partial charge on any atom is 0.255 e. The zero-order chi connectivity index (χ0) is 12.1. The predicted octanol–water partition coefficient (Wildman–Crippen LogP) is 2.81. The van der Waals surface area contributed by atoms with Crippen LogP contribution in [-0.2, 0) is 0 Å². The van der Waals surface area contributed by atoms with Crippen LogP contribution in [0.3, 0.4) is 0 Å². The molecule has 0 aliphatic rings. The van der Waals surface area contributed by atoms with Crippen LogP contribution in [0.25, 0.3) is 0 Å². The minimum atomic E-state index is -0.312. The van der Waals surface area contributed by atoms with Crippen LogP contribution in [0.1, 0.15) is 17.3 Å². The maximum absolute atomic E-state index is 11.7. The minimum Gasteiger partial charge on any atom is -0.507 e. The van der Waals surface area contributed by atoms with Crippen molar-refractivity contribution in [3.05, 3.63) is 28.8 Å². The van der Waals surface area contributed by atoms with Crippen molar-refractivity contribution in [2.75, 3.05) is 11.9 Å². The molecule has 1 aromatic carbocycles. The zero-order valence-electron chi connectivity index (χ0n) is 8.84. The van der Waals surface area contributed by atoms with E-state index >= 15 is 0 Å². The summed E-state index contributed by atoms with van der Waals surface area (Å²) >= 11 is 9.08. The van der Waals surface area contributed by atoms with Gasteiger partial charge in [-0.05, 0) is 24.1 Å². The summed E-state index contributed by atoms with van der Waals surface area (Å²) in [5, 5.41) is 13.5. The Hall–Kier alpha value is -0.740. The second kappa shape index (κ2) is 6.11. The van der Waals surface area contributed by atoms with Gasteiger partial charge < -0.3 is 10.4 Å². The van der Waals surface area contributed by atoms with Gasteiger partial charge in [0.1, 0.15) is 5.75 Å². The lowest BCUT2D eigenvalue weighted by Crippen LogP contribution is -2.28. The summed E-state index contributed by atoms with van der Waals surface area (Å²) in [5.74, 6) is -0.0357. The molecule has 0 aliphatic carbocycles. The molecule has 1 unspecified atom stereocenters. The monoisotopic (exact) mass is 305 g/mol. The number of carbonyl (C=O) groups excluding carboxylic acids is 1. The molecular formula is C11H13BrClNO2. The Labute approximate surface area is 108 Å². The summed E-state index contributed by atoms with van der Waals surface area (Å²) in [4.78, 5) is 11.7. The Morgan fingerprint density at radius 3 is 2.94 bits per heavy atom. The third kappa shape index (κ3) is 3.68. The van der Waals surface area contributed by atoms with Gasteiger partial charge in [-0.25, -0.2) is 0 Å². The lowest BCUT2D eigenvalue weighted by atomic mass is 10.1. The van der Waals surface area contributed by atoms with E-state index in [1.165, 1.54) is 18.2 Å². The molecule has 3 nitrogen and oxygen atoms in total. The molecule has 16 heavy (non-hydrogen) atoms. The van der Waals surface area contributed by atoms with Crippen LogP contribution in [0.15, 0.2) is 18.2 Å². The van der Waals surface area contributed by atoms with Crippen molar-refractivity contribution in [2.24, 2.45) is 5.92 Å². The largest absolute Gasteiger partial charge is 0.507 e. The standard InChI is InChI=1S/C11H13BrClNO2/c1-7(5-12)6-14-11(16)9-4-8(13)2-3-10(9)15/h2-4,7,15H,5-6H2,1H3,(H,14,16). The molecule has 0 saturated carbocycles. The van der Waals surface area contributed by atoms with E-state index in [0.29, 0.717) is 17.5 Å². The fourth-order valence-electron chi connectivity index (χ4n) is 1.11. The van der Waals surface area contributed by atoms with Gasteiger partial charge in [-0.15, -0.1) is 0 Å². The average Bonchev–Trinajstić information content (AvgIpc) is 2.28. The number of alkyl halides is 1. The smallest absolute Gasteiger partial charge is 0.255 e. The molecule has 0 spiro atoms. The SMILES string of the molecule is CC(CBr)CNC(=O)c1cc(Cl)ccc1O. The van der Waals surface area contributed by atoms with Gasteiger partial charge >= 0.3 is 0 Å². The second-order valence-electron chi connectivity index (χ2n) is 3.63. The summed E-state index contributed by atoms with van der Waals surface area (Å²) in [6, 6.07) is 4.39. The van der Waals surface area contributed by atoms with E-state index < -0.39 is 0 Å². The number of hydrogen-bond donors (Lipinski definition) is 2. The Morgan fingerprint density at radius 2 is 2.31 bits per heavy atom. The highest BCUT2D eigenvalue weighted by molar-refractivity contribution is 9.09. The van der Waals surface area contributed by atoms with Gasteiger partial charge in [0.25, 0.3) is 5.91 Å². The Morgan fingerprint density at radius 1 is 1.62 bits per heavy atom. The first kappa shape index (κ1) is 13.3. The van der Waals surface area contributed by atoms with Gasteiger partial charge in [-0.1, -0.05) is 34.5 Å². The van der Waals surface area contributed by atoms with Gasteiger partial charge in [0.05, 0.1) is 5.56 Å². The van der Waals surface area contributed by atoms with Crippen molar-refractivity contribution in [1.29, 1.82) is 0 Å². The van der Waals surface area contributed by atoms with E-state index in [0.717, 1.165) is 5.33 Å². The minimum absolute atomic E-state index is 0.0617. The average molecular weight is 307 g/mol. The number of nitrogens with one attached hydrogen (secondary N) is 1. The quantitative estimate of drug-likeness (QED) is 0.840. The molecule has 0 radical (unpaired) electrons. The number of aromatic hydroxyl groups is 1. The number of carbonyl (C=O) groups is 1. The topological polar surface area (TPSA) is 49.3 Å². The molecule has 1 rings (SSSR count). The molecule has 0 aliphatic heterocycles.